The van der Waals surface area contributed by atoms with Crippen molar-refractivity contribution < 1.29 is 14.7 Å². The lowest BCUT2D eigenvalue weighted by molar-refractivity contribution is -0.142. The van der Waals surface area contributed by atoms with Crippen LogP contribution >= 0.6 is 11.3 Å². The number of hydrogen-bond donors (Lipinski definition) is 2. The number of aliphatic carboxylic acids is 1. The Kier molecular flexibility index (Phi) is 5.68. The van der Waals surface area contributed by atoms with Gasteiger partial charge in [0.05, 0.1) is 16.1 Å². The largest absolute Gasteiger partial charge is 0.481 e. The minimum Gasteiger partial charge on any atom is -0.481 e. The number of carboxylic acid groups (broad SMARTS) is 1. The molecule has 0 radical (unpaired) electrons. The van der Waals surface area contributed by atoms with Crippen molar-refractivity contribution in [2.75, 3.05) is 5.32 Å². The van der Waals surface area contributed by atoms with Crippen molar-refractivity contribution >= 4 is 44.1 Å². The van der Waals surface area contributed by atoms with Crippen LogP contribution in [0, 0.1) is 18.8 Å². The van der Waals surface area contributed by atoms with E-state index in [1.165, 1.54) is 5.56 Å². The molecule has 0 saturated heterocycles. The monoisotopic (exact) mass is 456 g/mol. The van der Waals surface area contributed by atoms with Crippen molar-refractivity contribution in [2.24, 2.45) is 11.8 Å². The minimum atomic E-state index is -0.864. The SMILES string of the molecule is Cc1cccc2sc(Nc3ccc(-c4ccc(C(=O)[C@H]5CCC[C@@H]5C(=O)O)cc4)cc3)nc12. The Bertz CT molecular complexity index is 1330. The molecule has 0 bridgehead atoms. The number of hydrogen-bond acceptors (Lipinski definition) is 5. The first kappa shape index (κ1) is 21.3. The Hall–Kier alpha value is -3.51. The first-order chi connectivity index (χ1) is 16.0. The van der Waals surface area contributed by atoms with Gasteiger partial charge in [-0.15, -0.1) is 0 Å². The van der Waals surface area contributed by atoms with Gasteiger partial charge in [-0.3, -0.25) is 9.59 Å². The molecule has 1 fully saturated rings. The van der Waals surface area contributed by atoms with Gasteiger partial charge in [-0.1, -0.05) is 66.3 Å². The third-order valence-electron chi connectivity index (χ3n) is 6.43. The van der Waals surface area contributed by atoms with Crippen molar-refractivity contribution in [3.8, 4) is 11.1 Å². The number of anilines is 2. The summed E-state index contributed by atoms with van der Waals surface area (Å²) in [5.41, 5.74) is 5.80. The van der Waals surface area contributed by atoms with Crippen molar-refractivity contribution in [2.45, 2.75) is 26.2 Å². The highest BCUT2D eigenvalue weighted by molar-refractivity contribution is 7.22. The lowest BCUT2D eigenvalue weighted by Gasteiger charge is -2.14. The molecule has 1 aliphatic rings. The second kappa shape index (κ2) is 8.79. The van der Waals surface area contributed by atoms with Gasteiger partial charge >= 0.3 is 5.97 Å². The maximum atomic E-state index is 12.8. The topological polar surface area (TPSA) is 79.3 Å². The summed E-state index contributed by atoms with van der Waals surface area (Å²) in [4.78, 5) is 29.0. The normalized spacial score (nSPS) is 17.8. The molecule has 0 unspecified atom stereocenters. The summed E-state index contributed by atoms with van der Waals surface area (Å²) in [5.74, 6) is -1.89. The van der Waals surface area contributed by atoms with Crippen molar-refractivity contribution in [1.29, 1.82) is 0 Å². The number of Topliss-reactive ketones (excluding diaryl/α,β-unsaturated/α-hetero) is 1. The van der Waals surface area contributed by atoms with Crippen LogP contribution in [0.15, 0.2) is 66.7 Å². The fraction of sp³-hybridized carbons (Fsp3) is 0.222. The molecule has 2 N–H and O–H groups in total. The average molecular weight is 457 g/mol. The number of carbonyl (C=O) groups is 2. The number of nitrogens with one attached hydrogen (secondary N) is 1. The van der Waals surface area contributed by atoms with E-state index < -0.39 is 17.8 Å². The Balaban J connectivity index is 1.29. The second-order valence-corrected chi connectivity index (χ2v) is 9.60. The number of nitrogens with zero attached hydrogens (tertiary/aromatic N) is 1. The Morgan fingerprint density at radius 3 is 2.27 bits per heavy atom. The van der Waals surface area contributed by atoms with Crippen molar-refractivity contribution in [3.05, 3.63) is 77.9 Å². The quantitative estimate of drug-likeness (QED) is 0.316. The molecule has 4 aromatic rings. The van der Waals surface area contributed by atoms with Gasteiger partial charge in [0, 0.05) is 17.2 Å². The Morgan fingerprint density at radius 1 is 0.939 bits per heavy atom. The van der Waals surface area contributed by atoms with Crippen LogP contribution in [0.25, 0.3) is 21.3 Å². The molecule has 33 heavy (non-hydrogen) atoms. The predicted octanol–water partition coefficient (Wildman–Crippen LogP) is 6.70. The van der Waals surface area contributed by atoms with Crippen LogP contribution in [0.2, 0.25) is 0 Å². The standard InChI is InChI=1S/C27H24N2O3S/c1-16-4-2-7-23-24(16)29-27(33-23)28-20-14-12-18(13-15-20)17-8-10-19(11-9-17)25(30)21-5-3-6-22(21)26(31)32/h2,4,7-15,21-22H,3,5-6H2,1H3,(H,28,29)(H,31,32)/t21-,22-/m0/s1. The average Bonchev–Trinajstić information content (AvgIpc) is 3.47. The fourth-order valence-corrected chi connectivity index (χ4v) is 5.58. The van der Waals surface area contributed by atoms with E-state index in [1.807, 2.05) is 54.6 Å². The van der Waals surface area contributed by atoms with Crippen LogP contribution in [-0.2, 0) is 4.79 Å². The first-order valence-electron chi connectivity index (χ1n) is 11.1. The van der Waals surface area contributed by atoms with Gasteiger partial charge in [0.1, 0.15) is 0 Å². The third kappa shape index (κ3) is 4.26. The number of ketones is 1. The molecular weight excluding hydrogens is 432 g/mol. The number of aromatic nitrogens is 1. The number of carboxylic acids is 1. The smallest absolute Gasteiger partial charge is 0.307 e. The molecule has 0 spiro atoms. The highest BCUT2D eigenvalue weighted by atomic mass is 32.1. The van der Waals surface area contributed by atoms with E-state index in [-0.39, 0.29) is 5.78 Å². The molecule has 1 saturated carbocycles. The van der Waals surface area contributed by atoms with Crippen molar-refractivity contribution in [1.82, 2.24) is 4.98 Å². The van der Waals surface area contributed by atoms with Crippen LogP contribution < -0.4 is 5.32 Å². The first-order valence-corrected chi connectivity index (χ1v) is 11.9. The van der Waals surface area contributed by atoms with Gasteiger partial charge in [0.15, 0.2) is 10.9 Å². The highest BCUT2D eigenvalue weighted by Crippen LogP contribution is 2.35. The minimum absolute atomic E-state index is 0.0583. The number of para-hydroxylation sites is 1. The molecule has 1 heterocycles. The van der Waals surface area contributed by atoms with Gasteiger partial charge < -0.3 is 10.4 Å². The van der Waals surface area contributed by atoms with E-state index in [4.69, 9.17) is 4.98 Å². The van der Waals surface area contributed by atoms with Gasteiger partial charge in [-0.05, 0) is 54.7 Å². The maximum absolute atomic E-state index is 12.8. The number of rotatable bonds is 6. The zero-order valence-electron chi connectivity index (χ0n) is 18.2. The number of fused-ring (bicyclic) bond motifs is 1. The number of benzene rings is 3. The van der Waals surface area contributed by atoms with Crippen molar-refractivity contribution in [3.63, 3.8) is 0 Å². The molecule has 0 amide bonds. The zero-order chi connectivity index (χ0) is 22.9. The number of aryl methyl sites for hydroxylation is 1. The van der Waals surface area contributed by atoms with Crippen LogP contribution in [0.4, 0.5) is 10.8 Å². The predicted molar refractivity (Wildman–Crippen MR) is 132 cm³/mol. The Labute approximate surface area is 196 Å². The second-order valence-electron chi connectivity index (χ2n) is 8.57. The molecule has 3 aromatic carbocycles. The van der Waals surface area contributed by atoms with Gasteiger partial charge in [-0.2, -0.15) is 0 Å². The molecule has 166 valence electrons. The van der Waals surface area contributed by atoms with E-state index in [0.717, 1.165) is 38.6 Å². The number of carbonyl (C=O) groups excluding carboxylic acids is 1. The van der Waals surface area contributed by atoms with Crippen LogP contribution in [0.5, 0.6) is 0 Å². The van der Waals surface area contributed by atoms with E-state index in [2.05, 4.69) is 24.4 Å². The summed E-state index contributed by atoms with van der Waals surface area (Å²) in [7, 11) is 0. The van der Waals surface area contributed by atoms with E-state index >= 15 is 0 Å². The summed E-state index contributed by atoms with van der Waals surface area (Å²) in [6, 6.07) is 21.8. The van der Waals surface area contributed by atoms with E-state index in [1.54, 1.807) is 11.3 Å². The molecule has 0 aliphatic heterocycles. The summed E-state index contributed by atoms with van der Waals surface area (Å²) in [6.45, 7) is 2.07. The Morgan fingerprint density at radius 2 is 1.61 bits per heavy atom. The molecule has 2 atom stereocenters. The number of thiazole rings is 1. The molecule has 5 nitrogen and oxygen atoms in total. The van der Waals surface area contributed by atoms with Crippen LogP contribution in [-0.4, -0.2) is 21.8 Å². The lowest BCUT2D eigenvalue weighted by Crippen LogP contribution is -2.25. The highest BCUT2D eigenvalue weighted by Gasteiger charge is 2.37. The van der Waals surface area contributed by atoms with Gasteiger partial charge in [0.2, 0.25) is 0 Å². The fourth-order valence-electron chi connectivity index (χ4n) is 4.62. The maximum Gasteiger partial charge on any atom is 0.307 e. The molecule has 5 rings (SSSR count). The van der Waals surface area contributed by atoms with E-state index in [9.17, 15) is 14.7 Å². The zero-order valence-corrected chi connectivity index (χ0v) is 19.1. The third-order valence-corrected chi connectivity index (χ3v) is 7.37. The van der Waals surface area contributed by atoms with Crippen LogP contribution in [0.3, 0.4) is 0 Å². The summed E-state index contributed by atoms with van der Waals surface area (Å²) in [5, 5.41) is 13.6. The van der Waals surface area contributed by atoms with Gasteiger partial charge in [-0.25, -0.2) is 4.98 Å². The van der Waals surface area contributed by atoms with Gasteiger partial charge in [0.25, 0.3) is 0 Å². The molecular formula is C27H24N2O3S. The molecule has 6 heteroatoms. The van der Waals surface area contributed by atoms with E-state index in [0.29, 0.717) is 18.4 Å². The molecule has 1 aromatic heterocycles. The lowest BCUT2D eigenvalue weighted by atomic mass is 9.88. The summed E-state index contributed by atoms with van der Waals surface area (Å²) >= 11 is 1.63. The molecule has 1 aliphatic carbocycles. The summed E-state index contributed by atoms with van der Waals surface area (Å²) < 4.78 is 1.16. The summed E-state index contributed by atoms with van der Waals surface area (Å²) in [6.07, 6.45) is 2.03. The van der Waals surface area contributed by atoms with Crippen LogP contribution in [0.1, 0.15) is 35.2 Å².